The molecular weight excluding hydrogens is 506 g/mol. The molecule has 4 N–H and O–H groups in total. The summed E-state index contributed by atoms with van der Waals surface area (Å²) in [6.45, 7) is 10.5. The van der Waals surface area contributed by atoms with Crippen molar-refractivity contribution in [3.63, 3.8) is 0 Å². The van der Waals surface area contributed by atoms with Gasteiger partial charge in [-0.2, -0.15) is 5.10 Å². The second-order valence-corrected chi connectivity index (χ2v) is 10.5. The van der Waals surface area contributed by atoms with Crippen molar-refractivity contribution >= 4 is 41.1 Å². The van der Waals surface area contributed by atoms with Crippen LogP contribution in [0, 0.1) is 0 Å². The topological polar surface area (TPSA) is 161 Å². The Kier molecular flexibility index (Phi) is 8.28. The lowest BCUT2D eigenvalue weighted by molar-refractivity contribution is 0.0624. The van der Waals surface area contributed by atoms with E-state index in [9.17, 15) is 24.3 Å². The number of nitrogens with one attached hydrogen (secondary N) is 3. The Hall–Kier alpha value is -4.87. The molecule has 0 saturated heterocycles. The van der Waals surface area contributed by atoms with Gasteiger partial charge < -0.3 is 19.9 Å². The van der Waals surface area contributed by atoms with Crippen LogP contribution in [0.5, 0.6) is 0 Å². The van der Waals surface area contributed by atoms with Crippen molar-refractivity contribution in [1.82, 2.24) is 9.78 Å². The van der Waals surface area contributed by atoms with Crippen LogP contribution >= 0.6 is 0 Å². The highest BCUT2D eigenvalue weighted by Gasteiger charge is 2.21. The average Bonchev–Trinajstić information content (AvgIpc) is 3.24. The van der Waals surface area contributed by atoms with Crippen LogP contribution in [0.15, 0.2) is 54.6 Å². The number of anilines is 3. The van der Waals surface area contributed by atoms with Crippen LogP contribution in [0.4, 0.5) is 26.7 Å². The van der Waals surface area contributed by atoms with Crippen LogP contribution in [0.3, 0.4) is 0 Å². The van der Waals surface area contributed by atoms with E-state index in [1.165, 1.54) is 4.68 Å². The molecule has 3 aromatic rings. The summed E-state index contributed by atoms with van der Waals surface area (Å²) >= 11 is 0. The molecule has 0 radical (unpaired) electrons. The molecule has 0 atom stereocenters. The fraction of sp³-hybridized carbons (Fsp3) is 0.296. The van der Waals surface area contributed by atoms with Gasteiger partial charge in [0.2, 0.25) is 0 Å². The van der Waals surface area contributed by atoms with Gasteiger partial charge in [0.05, 0.1) is 5.69 Å². The van der Waals surface area contributed by atoms with Gasteiger partial charge in [-0.3, -0.25) is 15.4 Å². The molecule has 0 unspecified atom stereocenters. The Labute approximate surface area is 225 Å². The molecule has 0 saturated carbocycles. The molecule has 0 aliphatic heterocycles. The van der Waals surface area contributed by atoms with Crippen molar-refractivity contribution in [2.24, 2.45) is 0 Å². The van der Waals surface area contributed by atoms with Crippen molar-refractivity contribution in [3.05, 3.63) is 66.0 Å². The van der Waals surface area contributed by atoms with E-state index in [4.69, 9.17) is 9.47 Å². The Bertz CT molecular complexity index is 1370. The summed E-state index contributed by atoms with van der Waals surface area (Å²) in [4.78, 5) is 48.6. The number of benzene rings is 2. The van der Waals surface area contributed by atoms with Crippen LogP contribution in [0.25, 0.3) is 5.69 Å². The third kappa shape index (κ3) is 8.59. The summed E-state index contributed by atoms with van der Waals surface area (Å²) in [5.74, 6) is -1.91. The minimum absolute atomic E-state index is 0.0313. The van der Waals surface area contributed by atoms with Gasteiger partial charge in [-0.15, -0.1) is 0 Å². The molecular formula is C27H31N5O7. The first-order valence-corrected chi connectivity index (χ1v) is 11.9. The summed E-state index contributed by atoms with van der Waals surface area (Å²) in [5, 5.41) is 21.4. The third-order valence-corrected chi connectivity index (χ3v) is 4.71. The number of aromatic nitrogens is 2. The summed E-state index contributed by atoms with van der Waals surface area (Å²) in [6.07, 6.45) is -1.24. The molecule has 12 heteroatoms. The van der Waals surface area contributed by atoms with Gasteiger partial charge in [0.15, 0.2) is 5.69 Å². The van der Waals surface area contributed by atoms with Crippen LogP contribution in [0.1, 0.15) is 62.5 Å². The van der Waals surface area contributed by atoms with E-state index >= 15 is 0 Å². The minimum atomic E-state index is -1.30. The number of amides is 3. The lowest BCUT2D eigenvalue weighted by atomic mass is 10.2. The van der Waals surface area contributed by atoms with Crippen molar-refractivity contribution < 1.29 is 33.8 Å². The normalized spacial score (nSPS) is 11.3. The van der Waals surface area contributed by atoms with Crippen molar-refractivity contribution in [3.8, 4) is 5.69 Å². The first-order valence-electron chi connectivity index (χ1n) is 11.9. The molecule has 3 amide bonds. The first-order chi connectivity index (χ1) is 18.1. The summed E-state index contributed by atoms with van der Waals surface area (Å²) in [5.41, 5.74) is 0.0128. The lowest BCUT2D eigenvalue weighted by Crippen LogP contribution is -2.27. The van der Waals surface area contributed by atoms with Gasteiger partial charge >= 0.3 is 18.2 Å². The van der Waals surface area contributed by atoms with E-state index in [2.05, 4.69) is 21.0 Å². The maximum Gasteiger partial charge on any atom is 0.412 e. The maximum atomic E-state index is 13.1. The molecule has 0 aliphatic rings. The highest BCUT2D eigenvalue weighted by atomic mass is 16.6. The SMILES string of the molecule is CC(C)(C)OC(=O)Nc1ccc(NC(=O)c2cc(C(=O)O)nn2-c2ccc(NC(=O)OC(C)(C)C)cc2)cc1. The van der Waals surface area contributed by atoms with Gasteiger partial charge in [0.1, 0.15) is 16.9 Å². The number of hydrogen-bond acceptors (Lipinski definition) is 7. The summed E-state index contributed by atoms with van der Waals surface area (Å²) in [7, 11) is 0. The predicted molar refractivity (Wildman–Crippen MR) is 145 cm³/mol. The zero-order valence-electron chi connectivity index (χ0n) is 22.5. The molecule has 39 heavy (non-hydrogen) atoms. The van der Waals surface area contributed by atoms with Crippen LogP contribution in [-0.4, -0.2) is 50.2 Å². The second kappa shape index (κ2) is 11.3. The average molecular weight is 538 g/mol. The number of carboxylic acid groups (broad SMARTS) is 1. The Balaban J connectivity index is 1.76. The van der Waals surface area contributed by atoms with E-state index in [1.807, 2.05) is 0 Å². The van der Waals surface area contributed by atoms with E-state index < -0.39 is 35.3 Å². The standard InChI is InChI=1S/C27H31N5O7/c1-26(2,3)38-24(36)29-17-9-7-16(8-10-17)28-22(33)21-15-20(23(34)35)31-32(21)19-13-11-18(12-14-19)30-25(37)39-27(4,5)6/h7-15H,1-6H3,(H,28,33)(H,29,36)(H,30,37)(H,34,35). The monoisotopic (exact) mass is 537 g/mol. The maximum absolute atomic E-state index is 13.1. The number of aromatic carboxylic acids is 1. The summed E-state index contributed by atoms with van der Waals surface area (Å²) < 4.78 is 11.6. The number of hydrogen-bond donors (Lipinski definition) is 4. The molecule has 0 aliphatic carbocycles. The number of carbonyl (C=O) groups is 4. The van der Waals surface area contributed by atoms with Gasteiger partial charge in [-0.25, -0.2) is 19.1 Å². The fourth-order valence-corrected chi connectivity index (χ4v) is 3.21. The van der Waals surface area contributed by atoms with Crippen LogP contribution in [0.2, 0.25) is 0 Å². The zero-order chi connectivity index (χ0) is 29.0. The quantitative estimate of drug-likeness (QED) is 0.320. The number of ether oxygens (including phenoxy) is 2. The first kappa shape index (κ1) is 28.7. The third-order valence-electron chi connectivity index (χ3n) is 4.71. The smallest absolute Gasteiger partial charge is 0.412 e. The number of rotatable bonds is 6. The van der Waals surface area contributed by atoms with Crippen molar-refractivity contribution in [2.75, 3.05) is 16.0 Å². The molecule has 1 heterocycles. The van der Waals surface area contributed by atoms with Crippen molar-refractivity contribution in [1.29, 1.82) is 0 Å². The zero-order valence-corrected chi connectivity index (χ0v) is 22.5. The minimum Gasteiger partial charge on any atom is -0.476 e. The largest absolute Gasteiger partial charge is 0.476 e. The van der Waals surface area contributed by atoms with Gasteiger partial charge in [0, 0.05) is 23.1 Å². The number of carboxylic acids is 1. The van der Waals surface area contributed by atoms with Crippen LogP contribution in [-0.2, 0) is 9.47 Å². The van der Waals surface area contributed by atoms with E-state index in [0.717, 1.165) is 6.07 Å². The van der Waals surface area contributed by atoms with E-state index in [0.29, 0.717) is 22.7 Å². The molecule has 0 spiro atoms. The van der Waals surface area contributed by atoms with E-state index in [1.54, 1.807) is 90.1 Å². The van der Waals surface area contributed by atoms with Crippen LogP contribution < -0.4 is 16.0 Å². The molecule has 206 valence electrons. The highest BCUT2D eigenvalue weighted by Crippen LogP contribution is 2.20. The number of carbonyl (C=O) groups excluding carboxylic acids is 3. The lowest BCUT2D eigenvalue weighted by Gasteiger charge is -2.19. The molecule has 0 bridgehead atoms. The predicted octanol–water partition coefficient (Wildman–Crippen LogP) is 5.52. The molecule has 2 aromatic carbocycles. The van der Waals surface area contributed by atoms with Gasteiger partial charge in [-0.1, -0.05) is 0 Å². The molecule has 3 rings (SSSR count). The number of nitrogens with zero attached hydrogens (tertiary/aromatic N) is 2. The molecule has 0 fully saturated rings. The van der Waals surface area contributed by atoms with Gasteiger partial charge in [0.25, 0.3) is 5.91 Å². The second-order valence-electron chi connectivity index (χ2n) is 10.5. The molecule has 12 nitrogen and oxygen atoms in total. The Morgan fingerprint density at radius 1 is 0.718 bits per heavy atom. The van der Waals surface area contributed by atoms with Crippen molar-refractivity contribution in [2.45, 2.75) is 52.7 Å². The Morgan fingerprint density at radius 3 is 1.54 bits per heavy atom. The fourth-order valence-electron chi connectivity index (χ4n) is 3.21. The highest BCUT2D eigenvalue weighted by molar-refractivity contribution is 6.05. The van der Waals surface area contributed by atoms with E-state index in [-0.39, 0.29) is 11.4 Å². The van der Waals surface area contributed by atoms with Gasteiger partial charge in [-0.05, 0) is 90.1 Å². The summed E-state index contributed by atoms with van der Waals surface area (Å²) in [6, 6.07) is 13.7. The molecule has 1 aromatic heterocycles. The Morgan fingerprint density at radius 2 is 1.13 bits per heavy atom.